The van der Waals surface area contributed by atoms with E-state index in [-0.39, 0.29) is 0 Å². The summed E-state index contributed by atoms with van der Waals surface area (Å²) in [5, 5.41) is 19.0. The van der Waals surface area contributed by atoms with Crippen molar-refractivity contribution in [1.82, 2.24) is 30.6 Å². The van der Waals surface area contributed by atoms with Gasteiger partial charge in [-0.2, -0.15) is 0 Å². The monoisotopic (exact) mass is 233 g/mol. The molecule has 1 aliphatic heterocycles. The van der Waals surface area contributed by atoms with Gasteiger partial charge in [-0.05, 0) is 41.9 Å². The van der Waals surface area contributed by atoms with Crippen molar-refractivity contribution in [2.24, 2.45) is 0 Å². The van der Waals surface area contributed by atoms with Crippen LogP contribution >= 0.6 is 0 Å². The summed E-state index contributed by atoms with van der Waals surface area (Å²) >= 11 is 0. The van der Waals surface area contributed by atoms with Crippen molar-refractivity contribution in [1.29, 1.82) is 0 Å². The molecule has 1 N–H and O–H groups in total. The number of hydrogen-bond acceptors (Lipinski definition) is 6. The van der Waals surface area contributed by atoms with E-state index < -0.39 is 0 Å². The maximum Gasteiger partial charge on any atom is 0.200 e. The van der Waals surface area contributed by atoms with E-state index in [4.69, 9.17) is 0 Å². The normalized spacial score (nSPS) is 19.9. The molecule has 1 saturated heterocycles. The molecule has 0 bridgehead atoms. The van der Waals surface area contributed by atoms with E-state index in [0.29, 0.717) is 11.7 Å². The number of nitrogens with one attached hydrogen (secondary N) is 1. The first-order chi connectivity index (χ1) is 8.33. The lowest BCUT2D eigenvalue weighted by Gasteiger charge is -2.21. The smallest absolute Gasteiger partial charge is 0.200 e. The highest BCUT2D eigenvalue weighted by Gasteiger charge is 2.17. The summed E-state index contributed by atoms with van der Waals surface area (Å²) in [6.07, 6.45) is 2.50. The minimum absolute atomic E-state index is 0.561. The lowest BCUT2D eigenvalue weighted by atomic mass is 10.2. The molecule has 3 rings (SSSR count). The fraction of sp³-hybridized carbons (Fsp3) is 0.600. The van der Waals surface area contributed by atoms with Gasteiger partial charge in [0, 0.05) is 19.6 Å². The zero-order valence-corrected chi connectivity index (χ0v) is 9.74. The molecular formula is C10H15N7. The molecule has 7 nitrogen and oxygen atoms in total. The fourth-order valence-electron chi connectivity index (χ4n) is 2.18. The quantitative estimate of drug-likeness (QED) is 0.785. The Labute approximate surface area is 98.8 Å². The van der Waals surface area contributed by atoms with Gasteiger partial charge in [-0.15, -0.1) is 14.8 Å². The molecule has 90 valence electrons. The minimum atomic E-state index is 0.561. The average molecular weight is 233 g/mol. The molecule has 0 aliphatic carbocycles. The van der Waals surface area contributed by atoms with Gasteiger partial charge in [0.15, 0.2) is 11.5 Å². The van der Waals surface area contributed by atoms with Gasteiger partial charge in [0.05, 0.1) is 0 Å². The number of likely N-dealkylation sites (N-methyl/N-ethyl adjacent to an activating group) is 1. The molecule has 0 aromatic carbocycles. The Balaban J connectivity index is 1.77. The molecule has 1 unspecified atom stereocenters. The molecule has 2 aromatic rings. The lowest BCUT2D eigenvalue weighted by Crippen LogP contribution is -2.35. The van der Waals surface area contributed by atoms with E-state index in [1.165, 1.54) is 17.5 Å². The van der Waals surface area contributed by atoms with E-state index in [1.54, 1.807) is 0 Å². The number of nitrogens with zero attached hydrogens (tertiary/aromatic N) is 6. The van der Waals surface area contributed by atoms with Crippen LogP contribution in [0.5, 0.6) is 0 Å². The molecule has 1 atom stereocenters. The standard InChI is InChI=1S/C10H15N7/c1-16(7-8-3-2-6-11-8)10-5-4-9-12-14-15-17(9)13-10/h4-5,8,11H,2-3,6-7H2,1H3. The van der Waals surface area contributed by atoms with Crippen LogP contribution in [0.25, 0.3) is 5.65 Å². The SMILES string of the molecule is CN(CC1CCCN1)c1ccc2nnnn2n1. The molecular weight excluding hydrogens is 218 g/mol. The Hall–Kier alpha value is -1.76. The Morgan fingerprint density at radius 3 is 3.29 bits per heavy atom. The van der Waals surface area contributed by atoms with Crippen LogP contribution in [0.3, 0.4) is 0 Å². The number of hydrogen-bond donors (Lipinski definition) is 1. The molecule has 17 heavy (non-hydrogen) atoms. The van der Waals surface area contributed by atoms with Crippen LogP contribution in [0.15, 0.2) is 12.1 Å². The molecule has 7 heteroatoms. The third kappa shape index (κ3) is 2.05. The molecule has 0 saturated carbocycles. The highest BCUT2D eigenvalue weighted by atomic mass is 15.6. The second-order valence-corrected chi connectivity index (χ2v) is 4.39. The van der Waals surface area contributed by atoms with Crippen LogP contribution < -0.4 is 10.2 Å². The van der Waals surface area contributed by atoms with Gasteiger partial charge in [0.2, 0.25) is 0 Å². The number of aromatic nitrogens is 5. The van der Waals surface area contributed by atoms with Gasteiger partial charge < -0.3 is 10.2 Å². The van der Waals surface area contributed by atoms with Crippen LogP contribution in [-0.2, 0) is 0 Å². The summed E-state index contributed by atoms with van der Waals surface area (Å²) in [7, 11) is 2.04. The van der Waals surface area contributed by atoms with Gasteiger partial charge in [0.25, 0.3) is 0 Å². The van der Waals surface area contributed by atoms with E-state index in [0.717, 1.165) is 18.9 Å². The Kier molecular flexibility index (Phi) is 2.60. The topological polar surface area (TPSA) is 71.2 Å². The van der Waals surface area contributed by atoms with Gasteiger partial charge in [-0.1, -0.05) is 0 Å². The summed E-state index contributed by atoms with van der Waals surface area (Å²) in [5.74, 6) is 0.888. The van der Waals surface area contributed by atoms with Crippen molar-refractivity contribution in [3.8, 4) is 0 Å². The average Bonchev–Trinajstić information content (AvgIpc) is 2.97. The maximum atomic E-state index is 4.36. The van der Waals surface area contributed by atoms with Crippen molar-refractivity contribution >= 4 is 11.5 Å². The van der Waals surface area contributed by atoms with E-state index in [9.17, 15) is 0 Å². The van der Waals surface area contributed by atoms with Crippen LogP contribution in [0.1, 0.15) is 12.8 Å². The molecule has 0 radical (unpaired) electrons. The first-order valence-electron chi connectivity index (χ1n) is 5.83. The number of fused-ring (bicyclic) bond motifs is 1. The molecule has 1 aliphatic rings. The number of tetrazole rings is 1. The predicted octanol–water partition coefficient (Wildman–Crippen LogP) is -0.293. The highest BCUT2D eigenvalue weighted by Crippen LogP contribution is 2.12. The molecule has 3 heterocycles. The zero-order chi connectivity index (χ0) is 11.7. The third-order valence-corrected chi connectivity index (χ3v) is 3.10. The Morgan fingerprint density at radius 1 is 1.53 bits per heavy atom. The first-order valence-corrected chi connectivity index (χ1v) is 5.83. The van der Waals surface area contributed by atoms with Crippen LogP contribution in [0, 0.1) is 0 Å². The van der Waals surface area contributed by atoms with E-state index >= 15 is 0 Å². The highest BCUT2D eigenvalue weighted by molar-refractivity contribution is 5.43. The van der Waals surface area contributed by atoms with Crippen LogP contribution in [0.4, 0.5) is 5.82 Å². The fourth-order valence-corrected chi connectivity index (χ4v) is 2.18. The van der Waals surface area contributed by atoms with E-state index in [1.807, 2.05) is 19.2 Å². The molecule has 1 fully saturated rings. The summed E-state index contributed by atoms with van der Waals surface area (Å²) in [5.41, 5.74) is 0.668. The van der Waals surface area contributed by atoms with Gasteiger partial charge in [0.1, 0.15) is 0 Å². The van der Waals surface area contributed by atoms with Crippen molar-refractivity contribution in [2.45, 2.75) is 18.9 Å². The largest absolute Gasteiger partial charge is 0.357 e. The van der Waals surface area contributed by atoms with Crippen molar-refractivity contribution in [2.75, 3.05) is 25.0 Å². The second-order valence-electron chi connectivity index (χ2n) is 4.39. The minimum Gasteiger partial charge on any atom is -0.357 e. The van der Waals surface area contributed by atoms with Gasteiger partial charge >= 0.3 is 0 Å². The first kappa shape index (κ1) is 10.4. The molecule has 0 amide bonds. The predicted molar refractivity (Wildman–Crippen MR) is 62.9 cm³/mol. The third-order valence-electron chi connectivity index (χ3n) is 3.10. The van der Waals surface area contributed by atoms with Crippen molar-refractivity contribution in [3.05, 3.63) is 12.1 Å². The summed E-state index contributed by atoms with van der Waals surface area (Å²) in [6, 6.07) is 4.38. The Bertz CT molecular complexity index is 502. The van der Waals surface area contributed by atoms with Gasteiger partial charge in [-0.3, -0.25) is 0 Å². The zero-order valence-electron chi connectivity index (χ0n) is 9.74. The van der Waals surface area contributed by atoms with Crippen molar-refractivity contribution < 1.29 is 0 Å². The maximum absolute atomic E-state index is 4.36. The summed E-state index contributed by atoms with van der Waals surface area (Å²) in [6.45, 7) is 2.08. The summed E-state index contributed by atoms with van der Waals surface area (Å²) < 4.78 is 1.45. The number of anilines is 1. The lowest BCUT2D eigenvalue weighted by molar-refractivity contribution is 0.593. The number of rotatable bonds is 3. The molecule has 2 aromatic heterocycles. The van der Waals surface area contributed by atoms with Crippen molar-refractivity contribution in [3.63, 3.8) is 0 Å². The van der Waals surface area contributed by atoms with Gasteiger partial charge in [-0.25, -0.2) is 0 Å². The van der Waals surface area contributed by atoms with Crippen LogP contribution in [0.2, 0.25) is 0 Å². The Morgan fingerprint density at radius 2 is 2.47 bits per heavy atom. The second kappa shape index (κ2) is 4.25. The molecule has 0 spiro atoms. The van der Waals surface area contributed by atoms with E-state index in [2.05, 4.69) is 30.8 Å². The summed E-state index contributed by atoms with van der Waals surface area (Å²) in [4.78, 5) is 2.13. The van der Waals surface area contributed by atoms with Crippen LogP contribution in [-0.4, -0.2) is 51.4 Å².